The first-order valence-corrected chi connectivity index (χ1v) is 9.99. The topological polar surface area (TPSA) is 70.2 Å². The van der Waals surface area contributed by atoms with Crippen LogP contribution in [0.5, 0.6) is 0 Å². The van der Waals surface area contributed by atoms with Crippen molar-refractivity contribution in [2.45, 2.75) is 39.0 Å². The fourth-order valence-corrected chi connectivity index (χ4v) is 3.66. The van der Waals surface area contributed by atoms with Crippen LogP contribution in [0.4, 0.5) is 5.69 Å². The van der Waals surface area contributed by atoms with E-state index in [0.717, 1.165) is 19.5 Å². The number of benzene rings is 1. The summed E-state index contributed by atoms with van der Waals surface area (Å²) in [4.78, 5) is 25.0. The highest BCUT2D eigenvalue weighted by atomic mass is 35.5. The molecule has 7 heteroatoms. The lowest BCUT2D eigenvalue weighted by Crippen LogP contribution is -2.34. The molecule has 5 nitrogen and oxygen atoms in total. The predicted octanol–water partition coefficient (Wildman–Crippen LogP) is 3.87. The molecule has 2 atom stereocenters. The second kappa shape index (κ2) is 10.3. The van der Waals surface area contributed by atoms with Crippen LogP contribution in [0.15, 0.2) is 18.2 Å². The maximum atomic E-state index is 12.5. The Bertz CT molecular complexity index is 659. The molecule has 1 heterocycles. The molecule has 1 saturated carbocycles. The van der Waals surface area contributed by atoms with Crippen molar-refractivity contribution in [2.24, 2.45) is 17.8 Å². The fraction of sp³-hybridized carbons (Fsp3) is 0.600. The summed E-state index contributed by atoms with van der Waals surface area (Å²) in [5, 5.41) is 9.74. The standard InChI is InChI=1S/C20H28ClN3O2.ClH/c1-13(15-3-2-8-22-12-15)9-19(25)24-18-7-6-16(21)10-17(18)20(26)23-11-14-4-5-14;/h6-7,10,13-15,22H,2-5,8-9,11-12H2,1H3,(H,23,26)(H,24,25);1H. The minimum absolute atomic E-state index is 0. The van der Waals surface area contributed by atoms with Gasteiger partial charge in [-0.1, -0.05) is 18.5 Å². The van der Waals surface area contributed by atoms with E-state index in [-0.39, 0.29) is 24.2 Å². The minimum Gasteiger partial charge on any atom is -0.352 e. The van der Waals surface area contributed by atoms with E-state index in [4.69, 9.17) is 11.6 Å². The third-order valence-electron chi connectivity index (χ3n) is 5.40. The number of anilines is 1. The van der Waals surface area contributed by atoms with E-state index < -0.39 is 0 Å². The Morgan fingerprint density at radius 3 is 2.74 bits per heavy atom. The van der Waals surface area contributed by atoms with Gasteiger partial charge in [0, 0.05) is 18.0 Å². The van der Waals surface area contributed by atoms with Crippen LogP contribution in [-0.2, 0) is 4.79 Å². The summed E-state index contributed by atoms with van der Waals surface area (Å²) >= 11 is 6.06. The smallest absolute Gasteiger partial charge is 0.253 e. The summed E-state index contributed by atoms with van der Waals surface area (Å²) in [6.45, 7) is 4.86. The molecule has 0 aromatic heterocycles. The Labute approximate surface area is 172 Å². The van der Waals surface area contributed by atoms with Gasteiger partial charge in [-0.3, -0.25) is 9.59 Å². The molecule has 0 spiro atoms. The maximum Gasteiger partial charge on any atom is 0.253 e. The van der Waals surface area contributed by atoms with E-state index in [9.17, 15) is 9.59 Å². The van der Waals surface area contributed by atoms with Gasteiger partial charge >= 0.3 is 0 Å². The molecule has 1 aliphatic carbocycles. The molecule has 3 rings (SSSR count). The quantitative estimate of drug-likeness (QED) is 0.635. The number of amides is 2. The lowest BCUT2D eigenvalue weighted by Gasteiger charge is -2.28. The molecule has 1 saturated heterocycles. The zero-order chi connectivity index (χ0) is 18.5. The van der Waals surface area contributed by atoms with Crippen molar-refractivity contribution in [3.05, 3.63) is 28.8 Å². The number of carbonyl (C=O) groups excluding carboxylic acids is 2. The minimum atomic E-state index is -0.181. The fourth-order valence-electron chi connectivity index (χ4n) is 3.49. The summed E-state index contributed by atoms with van der Waals surface area (Å²) in [7, 11) is 0. The van der Waals surface area contributed by atoms with Gasteiger partial charge in [-0.2, -0.15) is 0 Å². The molecule has 0 radical (unpaired) electrons. The first-order chi connectivity index (χ1) is 12.5. The van der Waals surface area contributed by atoms with Crippen LogP contribution >= 0.6 is 24.0 Å². The van der Waals surface area contributed by atoms with Crippen LogP contribution in [0.3, 0.4) is 0 Å². The average molecular weight is 414 g/mol. The Kier molecular flexibility index (Phi) is 8.39. The van der Waals surface area contributed by atoms with Gasteiger partial charge in [0.2, 0.25) is 5.91 Å². The number of halogens is 2. The third-order valence-corrected chi connectivity index (χ3v) is 5.63. The molecule has 0 bridgehead atoms. The van der Waals surface area contributed by atoms with Gasteiger partial charge in [0.15, 0.2) is 0 Å². The highest BCUT2D eigenvalue weighted by Crippen LogP contribution is 2.28. The van der Waals surface area contributed by atoms with E-state index in [1.165, 1.54) is 19.3 Å². The summed E-state index contributed by atoms with van der Waals surface area (Å²) in [5.41, 5.74) is 0.958. The van der Waals surface area contributed by atoms with E-state index in [1.54, 1.807) is 18.2 Å². The Balaban J connectivity index is 0.00000261. The van der Waals surface area contributed by atoms with Crippen molar-refractivity contribution in [1.82, 2.24) is 10.6 Å². The largest absolute Gasteiger partial charge is 0.352 e. The highest BCUT2D eigenvalue weighted by molar-refractivity contribution is 6.31. The average Bonchev–Trinajstić information content (AvgIpc) is 3.46. The summed E-state index contributed by atoms with van der Waals surface area (Å²) < 4.78 is 0. The molecule has 1 aliphatic heterocycles. The normalized spacial score (nSPS) is 20.3. The van der Waals surface area contributed by atoms with Gasteiger partial charge in [-0.15, -0.1) is 12.4 Å². The van der Waals surface area contributed by atoms with Gasteiger partial charge in [0.1, 0.15) is 0 Å². The predicted molar refractivity (Wildman–Crippen MR) is 112 cm³/mol. The summed E-state index contributed by atoms with van der Waals surface area (Å²) in [6.07, 6.45) is 5.13. The molecule has 3 N–H and O–H groups in total. The van der Waals surface area contributed by atoms with Crippen molar-refractivity contribution in [2.75, 3.05) is 25.0 Å². The van der Waals surface area contributed by atoms with Gasteiger partial charge < -0.3 is 16.0 Å². The zero-order valence-electron chi connectivity index (χ0n) is 15.7. The molecular formula is C20H29Cl2N3O2. The number of piperidine rings is 1. The van der Waals surface area contributed by atoms with Crippen molar-refractivity contribution < 1.29 is 9.59 Å². The lowest BCUT2D eigenvalue weighted by molar-refractivity contribution is -0.117. The van der Waals surface area contributed by atoms with Crippen LogP contribution in [0.1, 0.15) is 49.4 Å². The van der Waals surface area contributed by atoms with Crippen LogP contribution in [-0.4, -0.2) is 31.4 Å². The van der Waals surface area contributed by atoms with Crippen molar-refractivity contribution in [3.63, 3.8) is 0 Å². The second-order valence-electron chi connectivity index (χ2n) is 7.68. The number of rotatable bonds is 7. The van der Waals surface area contributed by atoms with Gasteiger partial charge in [-0.25, -0.2) is 0 Å². The number of carbonyl (C=O) groups is 2. The highest BCUT2D eigenvalue weighted by Gasteiger charge is 2.24. The van der Waals surface area contributed by atoms with E-state index >= 15 is 0 Å². The molecule has 1 aromatic rings. The van der Waals surface area contributed by atoms with Crippen molar-refractivity contribution in [3.8, 4) is 0 Å². The summed E-state index contributed by atoms with van der Waals surface area (Å²) in [6, 6.07) is 5.02. The first kappa shape index (κ1) is 22.0. The molecule has 1 aromatic carbocycles. The van der Waals surface area contributed by atoms with Crippen molar-refractivity contribution in [1.29, 1.82) is 0 Å². The third kappa shape index (κ3) is 6.66. The van der Waals surface area contributed by atoms with Gasteiger partial charge in [0.25, 0.3) is 5.91 Å². The van der Waals surface area contributed by atoms with E-state index in [2.05, 4.69) is 22.9 Å². The second-order valence-corrected chi connectivity index (χ2v) is 8.12. The molecule has 150 valence electrons. The molecule has 2 amide bonds. The van der Waals surface area contributed by atoms with Gasteiger partial charge in [0.05, 0.1) is 11.3 Å². The Morgan fingerprint density at radius 1 is 1.30 bits per heavy atom. The molecule has 2 fully saturated rings. The first-order valence-electron chi connectivity index (χ1n) is 9.61. The maximum absolute atomic E-state index is 12.5. The van der Waals surface area contributed by atoms with E-state index in [0.29, 0.717) is 47.0 Å². The summed E-state index contributed by atoms with van der Waals surface area (Å²) in [5.74, 6) is 1.20. The van der Waals surface area contributed by atoms with Crippen LogP contribution in [0, 0.1) is 17.8 Å². The Hall–Kier alpha value is -1.30. The molecule has 27 heavy (non-hydrogen) atoms. The SMILES string of the molecule is CC(CC(=O)Nc1ccc(Cl)cc1C(=O)NCC1CC1)C1CCCNC1.Cl. The van der Waals surface area contributed by atoms with E-state index in [1.807, 2.05) is 0 Å². The lowest BCUT2D eigenvalue weighted by atomic mass is 9.85. The number of hydrogen-bond donors (Lipinski definition) is 3. The number of hydrogen-bond acceptors (Lipinski definition) is 3. The molecule has 2 unspecified atom stereocenters. The van der Waals surface area contributed by atoms with Crippen LogP contribution in [0.25, 0.3) is 0 Å². The number of nitrogens with one attached hydrogen (secondary N) is 3. The Morgan fingerprint density at radius 2 is 2.07 bits per heavy atom. The molecular weight excluding hydrogens is 385 g/mol. The zero-order valence-corrected chi connectivity index (χ0v) is 17.3. The molecule has 2 aliphatic rings. The van der Waals surface area contributed by atoms with Crippen LogP contribution in [0.2, 0.25) is 5.02 Å². The van der Waals surface area contributed by atoms with Gasteiger partial charge in [-0.05, 0) is 74.7 Å². The van der Waals surface area contributed by atoms with Crippen molar-refractivity contribution >= 4 is 41.5 Å². The monoisotopic (exact) mass is 413 g/mol. The van der Waals surface area contributed by atoms with Crippen LogP contribution < -0.4 is 16.0 Å².